The highest BCUT2D eigenvalue weighted by atomic mass is 79.9. The van der Waals surface area contributed by atoms with Gasteiger partial charge in [-0.3, -0.25) is 0 Å². The lowest BCUT2D eigenvalue weighted by Crippen LogP contribution is -1.98. The fraction of sp³-hybridized carbons (Fsp3) is 0.273. The van der Waals surface area contributed by atoms with Gasteiger partial charge in [0.05, 0.1) is 4.47 Å². The fourth-order valence-electron chi connectivity index (χ4n) is 1.02. The number of hydrogen-bond donors (Lipinski definition) is 1. The molecule has 2 nitrogen and oxygen atoms in total. The normalized spacial score (nSPS) is 10.8. The highest BCUT2D eigenvalue weighted by Crippen LogP contribution is 2.25. The molecule has 1 rings (SSSR count). The Hall–Kier alpha value is -0.800. The third-order valence-electron chi connectivity index (χ3n) is 1.80. The Labute approximate surface area is 92.9 Å². The minimum Gasteiger partial charge on any atom is -0.488 e. The van der Waals surface area contributed by atoms with Gasteiger partial charge in [-0.15, -0.1) is 0 Å². The molecule has 0 aromatic heterocycles. The van der Waals surface area contributed by atoms with E-state index in [1.54, 1.807) is 0 Å². The van der Waals surface area contributed by atoms with Crippen LogP contribution in [0.5, 0.6) is 5.75 Å². The summed E-state index contributed by atoms with van der Waals surface area (Å²) in [6.45, 7) is 3.11. The maximum Gasteiger partial charge on any atom is 0.133 e. The van der Waals surface area contributed by atoms with E-state index >= 15 is 0 Å². The van der Waals surface area contributed by atoms with Gasteiger partial charge in [0.1, 0.15) is 12.4 Å². The van der Waals surface area contributed by atoms with Crippen molar-refractivity contribution in [3.63, 3.8) is 0 Å². The molecule has 76 valence electrons. The molecule has 0 radical (unpaired) electrons. The first-order valence-electron chi connectivity index (χ1n) is 4.50. The lowest BCUT2D eigenvalue weighted by atomic mass is 10.2. The summed E-state index contributed by atoms with van der Waals surface area (Å²) in [6, 6.07) is 5.87. The molecule has 0 fully saturated rings. The van der Waals surface area contributed by atoms with Gasteiger partial charge >= 0.3 is 0 Å². The number of allylic oxidation sites excluding steroid dienone is 1. The van der Waals surface area contributed by atoms with E-state index in [1.807, 2.05) is 37.3 Å². The smallest absolute Gasteiger partial charge is 0.133 e. The summed E-state index contributed by atoms with van der Waals surface area (Å²) >= 11 is 3.44. The van der Waals surface area contributed by atoms with Crippen LogP contribution >= 0.6 is 15.9 Å². The summed E-state index contributed by atoms with van der Waals surface area (Å²) in [5.41, 5.74) is 6.61. The number of nitrogens with two attached hydrogens (primary N) is 1. The van der Waals surface area contributed by atoms with Gasteiger partial charge in [0, 0.05) is 6.54 Å². The van der Waals surface area contributed by atoms with Crippen molar-refractivity contribution in [1.29, 1.82) is 0 Å². The molecule has 1 aromatic rings. The second-order valence-corrected chi connectivity index (χ2v) is 3.70. The molecule has 14 heavy (non-hydrogen) atoms. The van der Waals surface area contributed by atoms with Crippen molar-refractivity contribution in [1.82, 2.24) is 0 Å². The van der Waals surface area contributed by atoms with E-state index in [-0.39, 0.29) is 0 Å². The largest absolute Gasteiger partial charge is 0.488 e. The summed E-state index contributed by atoms with van der Waals surface area (Å²) in [5, 5.41) is 0. The Bertz CT molecular complexity index is 323. The van der Waals surface area contributed by atoms with Crippen molar-refractivity contribution in [3.8, 4) is 5.75 Å². The minimum absolute atomic E-state index is 0.549. The van der Waals surface area contributed by atoms with Crippen molar-refractivity contribution in [3.05, 3.63) is 40.4 Å². The second kappa shape index (κ2) is 5.83. The first-order chi connectivity index (χ1) is 6.77. The Morgan fingerprint density at radius 3 is 2.86 bits per heavy atom. The van der Waals surface area contributed by atoms with Crippen molar-refractivity contribution in [2.75, 3.05) is 6.61 Å². The van der Waals surface area contributed by atoms with E-state index in [2.05, 4.69) is 15.9 Å². The molecule has 0 bridgehead atoms. The van der Waals surface area contributed by atoms with Crippen LogP contribution in [0.15, 0.2) is 34.8 Å². The van der Waals surface area contributed by atoms with Gasteiger partial charge in [0.2, 0.25) is 0 Å². The molecule has 0 aliphatic heterocycles. The molecule has 0 spiro atoms. The van der Waals surface area contributed by atoms with Gasteiger partial charge < -0.3 is 10.5 Å². The van der Waals surface area contributed by atoms with Gasteiger partial charge in [-0.25, -0.2) is 0 Å². The minimum atomic E-state index is 0.549. The van der Waals surface area contributed by atoms with Crippen LogP contribution in [-0.2, 0) is 6.54 Å². The van der Waals surface area contributed by atoms with E-state index in [9.17, 15) is 0 Å². The molecular formula is C11H14BrNO. The highest BCUT2D eigenvalue weighted by Gasteiger charge is 2.00. The third kappa shape index (κ3) is 3.16. The summed E-state index contributed by atoms with van der Waals surface area (Å²) < 4.78 is 6.45. The zero-order valence-corrected chi connectivity index (χ0v) is 9.75. The third-order valence-corrected chi connectivity index (χ3v) is 2.42. The highest BCUT2D eigenvalue weighted by molar-refractivity contribution is 9.10. The topological polar surface area (TPSA) is 35.2 Å². The van der Waals surface area contributed by atoms with Gasteiger partial charge in [-0.05, 0) is 40.5 Å². The van der Waals surface area contributed by atoms with E-state index in [0.717, 1.165) is 15.8 Å². The maximum atomic E-state index is 5.52. The lowest BCUT2D eigenvalue weighted by molar-refractivity contribution is 0.360. The average Bonchev–Trinajstić information content (AvgIpc) is 2.20. The number of hydrogen-bond acceptors (Lipinski definition) is 2. The van der Waals surface area contributed by atoms with Crippen LogP contribution in [0.1, 0.15) is 12.5 Å². The fourth-order valence-corrected chi connectivity index (χ4v) is 1.56. The summed E-state index contributed by atoms with van der Waals surface area (Å²) in [6.07, 6.45) is 3.92. The van der Waals surface area contributed by atoms with Crippen LogP contribution in [0, 0.1) is 0 Å². The van der Waals surface area contributed by atoms with E-state index in [4.69, 9.17) is 10.5 Å². The molecule has 0 saturated heterocycles. The molecule has 3 heteroatoms. The predicted octanol–water partition coefficient (Wildman–Crippen LogP) is 2.86. The Morgan fingerprint density at radius 2 is 2.29 bits per heavy atom. The Morgan fingerprint density at radius 1 is 1.50 bits per heavy atom. The molecule has 0 unspecified atom stereocenters. The number of benzene rings is 1. The summed E-state index contributed by atoms with van der Waals surface area (Å²) in [4.78, 5) is 0. The molecule has 0 amide bonds. The van der Waals surface area contributed by atoms with Gasteiger partial charge in [-0.1, -0.05) is 18.2 Å². The van der Waals surface area contributed by atoms with Gasteiger partial charge in [0.15, 0.2) is 0 Å². The molecule has 0 aliphatic carbocycles. The van der Waals surface area contributed by atoms with Crippen molar-refractivity contribution in [2.24, 2.45) is 5.73 Å². The lowest BCUT2D eigenvalue weighted by Gasteiger charge is -2.06. The van der Waals surface area contributed by atoms with E-state index in [0.29, 0.717) is 13.2 Å². The molecule has 0 saturated carbocycles. The van der Waals surface area contributed by atoms with Crippen LogP contribution in [0.3, 0.4) is 0 Å². The number of ether oxygens (including phenoxy) is 1. The zero-order valence-electron chi connectivity index (χ0n) is 8.16. The maximum absolute atomic E-state index is 5.52. The standard InChI is InChI=1S/C11H14BrNO/c1-2-3-6-14-11-5-4-9(8-13)7-10(11)12/h2-5,7H,6,8,13H2,1H3. The molecule has 0 heterocycles. The summed E-state index contributed by atoms with van der Waals surface area (Å²) in [7, 11) is 0. The van der Waals surface area contributed by atoms with Crippen LogP contribution in [0.2, 0.25) is 0 Å². The predicted molar refractivity (Wildman–Crippen MR) is 62.3 cm³/mol. The molecule has 0 atom stereocenters. The van der Waals surface area contributed by atoms with Crippen molar-refractivity contribution < 1.29 is 4.74 Å². The SMILES string of the molecule is CC=CCOc1ccc(CN)cc1Br. The number of halogens is 1. The summed E-state index contributed by atoms with van der Waals surface area (Å²) in [5.74, 6) is 0.848. The van der Waals surface area contributed by atoms with E-state index in [1.165, 1.54) is 0 Å². The second-order valence-electron chi connectivity index (χ2n) is 2.85. The number of rotatable bonds is 4. The first kappa shape index (κ1) is 11.3. The molecule has 1 aromatic carbocycles. The van der Waals surface area contributed by atoms with Crippen LogP contribution in [0.25, 0.3) is 0 Å². The molecular weight excluding hydrogens is 242 g/mol. The quantitative estimate of drug-likeness (QED) is 0.840. The van der Waals surface area contributed by atoms with Crippen LogP contribution < -0.4 is 10.5 Å². The van der Waals surface area contributed by atoms with E-state index < -0.39 is 0 Å². The molecule has 2 N–H and O–H groups in total. The van der Waals surface area contributed by atoms with Gasteiger partial charge in [-0.2, -0.15) is 0 Å². The Balaban J connectivity index is 2.68. The average molecular weight is 256 g/mol. The van der Waals surface area contributed by atoms with Gasteiger partial charge in [0.25, 0.3) is 0 Å². The van der Waals surface area contributed by atoms with Crippen molar-refractivity contribution in [2.45, 2.75) is 13.5 Å². The van der Waals surface area contributed by atoms with Crippen LogP contribution in [0.4, 0.5) is 0 Å². The zero-order chi connectivity index (χ0) is 10.4. The van der Waals surface area contributed by atoms with Crippen molar-refractivity contribution >= 4 is 15.9 Å². The monoisotopic (exact) mass is 255 g/mol. The Kier molecular flexibility index (Phi) is 4.70. The molecule has 0 aliphatic rings. The van der Waals surface area contributed by atoms with Crippen LogP contribution in [-0.4, -0.2) is 6.61 Å². The first-order valence-corrected chi connectivity index (χ1v) is 5.29.